The predicted molar refractivity (Wildman–Crippen MR) is 95.8 cm³/mol. The molecule has 0 saturated heterocycles. The third-order valence-corrected chi connectivity index (χ3v) is 6.10. The highest BCUT2D eigenvalue weighted by Crippen LogP contribution is 2.63. The second kappa shape index (κ2) is 6.09. The number of hydrogen-bond donors (Lipinski definition) is 2. The lowest BCUT2D eigenvalue weighted by atomic mass is 9.67. The number of nitrogens with one attached hydrogen (secondary N) is 1. The molecule has 0 unspecified atom stereocenters. The monoisotopic (exact) mass is 389 g/mol. The normalized spacial score (nSPS) is 22.4. The van der Waals surface area contributed by atoms with Gasteiger partial charge in [-0.1, -0.05) is 30.3 Å². The third kappa shape index (κ3) is 2.77. The van der Waals surface area contributed by atoms with E-state index in [1.165, 1.54) is 6.07 Å². The molecule has 1 amide bonds. The fourth-order valence-electron chi connectivity index (χ4n) is 4.48. The summed E-state index contributed by atoms with van der Waals surface area (Å²) in [6.07, 6.45) is -2.18. The minimum absolute atomic E-state index is 0.405. The molecule has 28 heavy (non-hydrogen) atoms. The first-order valence-corrected chi connectivity index (χ1v) is 8.99. The number of carboxylic acid groups (broad SMARTS) is 1. The van der Waals surface area contributed by atoms with Gasteiger partial charge in [-0.25, -0.2) is 4.79 Å². The topological polar surface area (TPSA) is 66.4 Å². The van der Waals surface area contributed by atoms with Crippen molar-refractivity contribution in [3.05, 3.63) is 59.2 Å². The summed E-state index contributed by atoms with van der Waals surface area (Å²) in [6, 6.07) is 10.2. The highest BCUT2D eigenvalue weighted by Gasteiger charge is 2.63. The average Bonchev–Trinajstić information content (AvgIpc) is 3.44. The molecule has 2 aliphatic rings. The minimum Gasteiger partial charge on any atom is -0.465 e. The summed E-state index contributed by atoms with van der Waals surface area (Å²) in [5.74, 6) is 0. The van der Waals surface area contributed by atoms with Crippen molar-refractivity contribution in [1.29, 1.82) is 0 Å². The molecule has 4 rings (SSSR count). The highest BCUT2D eigenvalue weighted by atomic mass is 19.4. The molecular weight excluding hydrogens is 371 g/mol. The number of benzene rings is 2. The molecule has 1 saturated carbocycles. The van der Waals surface area contributed by atoms with Gasteiger partial charge in [-0.3, -0.25) is 0 Å². The van der Waals surface area contributed by atoms with Crippen LogP contribution in [-0.4, -0.2) is 17.5 Å². The summed E-state index contributed by atoms with van der Waals surface area (Å²) in [6.45, 7) is 0. The largest absolute Gasteiger partial charge is 0.465 e. The van der Waals surface area contributed by atoms with Crippen molar-refractivity contribution < 1.29 is 27.9 Å². The van der Waals surface area contributed by atoms with Crippen LogP contribution in [0.25, 0.3) is 11.1 Å². The van der Waals surface area contributed by atoms with Crippen LogP contribution >= 0.6 is 0 Å². The van der Waals surface area contributed by atoms with Gasteiger partial charge in [-0.05, 0) is 60.1 Å². The predicted octanol–water partition coefficient (Wildman–Crippen LogP) is 4.76. The van der Waals surface area contributed by atoms with Crippen LogP contribution in [0.3, 0.4) is 0 Å². The van der Waals surface area contributed by atoms with Crippen LogP contribution in [0.1, 0.15) is 36.0 Å². The van der Waals surface area contributed by atoms with Crippen LogP contribution in [0.5, 0.6) is 0 Å². The van der Waals surface area contributed by atoms with Gasteiger partial charge in [0.2, 0.25) is 0 Å². The number of rotatable bonds is 3. The third-order valence-electron chi connectivity index (χ3n) is 6.10. The highest BCUT2D eigenvalue weighted by molar-refractivity contribution is 5.81. The molecule has 1 fully saturated rings. The molecule has 2 aromatic carbocycles. The summed E-state index contributed by atoms with van der Waals surface area (Å²) in [4.78, 5) is 23.5. The molecule has 0 aliphatic heterocycles. The molecule has 0 aromatic heterocycles. The zero-order valence-electron chi connectivity index (χ0n) is 14.8. The van der Waals surface area contributed by atoms with E-state index in [1.807, 2.05) is 0 Å². The molecule has 1 spiro atoms. The number of amides is 1. The van der Waals surface area contributed by atoms with Crippen molar-refractivity contribution in [2.45, 2.75) is 37.4 Å². The molecule has 0 heterocycles. The fourth-order valence-corrected chi connectivity index (χ4v) is 4.48. The van der Waals surface area contributed by atoms with Crippen molar-refractivity contribution in [3.8, 4) is 11.1 Å². The molecule has 0 radical (unpaired) electrons. The van der Waals surface area contributed by atoms with E-state index in [0.717, 1.165) is 30.5 Å². The van der Waals surface area contributed by atoms with Crippen molar-refractivity contribution in [2.24, 2.45) is 5.41 Å². The van der Waals surface area contributed by atoms with E-state index in [9.17, 15) is 27.9 Å². The molecule has 1 atom stereocenters. The number of carbonyl (C=O) groups is 2. The van der Waals surface area contributed by atoms with Crippen LogP contribution in [0.4, 0.5) is 18.0 Å². The first-order valence-electron chi connectivity index (χ1n) is 8.99. The number of halogens is 3. The summed E-state index contributed by atoms with van der Waals surface area (Å²) < 4.78 is 39.0. The van der Waals surface area contributed by atoms with Gasteiger partial charge in [-0.2, -0.15) is 13.2 Å². The maximum atomic E-state index is 13.0. The quantitative estimate of drug-likeness (QED) is 0.744. The Bertz CT molecular complexity index is 966. The molecule has 146 valence electrons. The smallest absolute Gasteiger partial charge is 0.416 e. The Morgan fingerprint density at radius 2 is 1.79 bits per heavy atom. The molecule has 2 aromatic rings. The second-order valence-electron chi connectivity index (χ2n) is 7.59. The van der Waals surface area contributed by atoms with E-state index in [4.69, 9.17) is 0 Å². The number of fused-ring (bicyclic) bond motifs is 1. The fraction of sp³-hybridized carbons (Fsp3) is 0.333. The van der Waals surface area contributed by atoms with Gasteiger partial charge in [0.25, 0.3) is 0 Å². The Morgan fingerprint density at radius 1 is 1.07 bits per heavy atom. The van der Waals surface area contributed by atoms with Crippen LogP contribution in [-0.2, 0) is 22.9 Å². The van der Waals surface area contributed by atoms with Gasteiger partial charge < -0.3 is 15.2 Å². The van der Waals surface area contributed by atoms with Crippen molar-refractivity contribution in [2.75, 3.05) is 0 Å². The van der Waals surface area contributed by atoms with Crippen molar-refractivity contribution in [1.82, 2.24) is 5.32 Å². The van der Waals surface area contributed by atoms with Crippen LogP contribution in [0.2, 0.25) is 0 Å². The number of aldehydes is 1. The number of aryl methyl sites for hydroxylation is 1. The Kier molecular flexibility index (Phi) is 4.03. The van der Waals surface area contributed by atoms with Gasteiger partial charge >= 0.3 is 12.3 Å². The Morgan fingerprint density at radius 3 is 2.39 bits per heavy atom. The van der Waals surface area contributed by atoms with Crippen LogP contribution in [0, 0.1) is 5.41 Å². The SMILES string of the molecule is O=C[C@@]1(NC(=O)O)c2ccc(-c3cccc(C(F)(F)F)c3)cc2CCC12CC2. The summed E-state index contributed by atoms with van der Waals surface area (Å²) in [7, 11) is 0. The number of carbonyl (C=O) groups excluding carboxylic acids is 1. The van der Waals surface area contributed by atoms with Gasteiger partial charge in [0.05, 0.1) is 5.56 Å². The molecule has 2 aliphatic carbocycles. The van der Waals surface area contributed by atoms with Gasteiger partial charge in [0, 0.05) is 5.41 Å². The zero-order chi connectivity index (χ0) is 20.2. The van der Waals surface area contributed by atoms with E-state index >= 15 is 0 Å². The lowest BCUT2D eigenvalue weighted by molar-refractivity contribution is -0.137. The first kappa shape index (κ1) is 18.5. The van der Waals surface area contributed by atoms with Crippen LogP contribution in [0.15, 0.2) is 42.5 Å². The molecule has 7 heteroatoms. The Hall–Kier alpha value is -2.83. The van der Waals surface area contributed by atoms with E-state index in [2.05, 4.69) is 5.32 Å². The van der Waals surface area contributed by atoms with Crippen molar-refractivity contribution in [3.63, 3.8) is 0 Å². The molecule has 4 nitrogen and oxygen atoms in total. The molecular formula is C21H18F3NO3. The molecule has 2 N–H and O–H groups in total. The molecule has 0 bridgehead atoms. The second-order valence-corrected chi connectivity index (χ2v) is 7.59. The Labute approximate surface area is 159 Å². The van der Waals surface area contributed by atoms with E-state index in [-0.39, 0.29) is 0 Å². The van der Waals surface area contributed by atoms with Gasteiger partial charge in [0.15, 0.2) is 6.29 Å². The van der Waals surface area contributed by atoms with E-state index in [0.29, 0.717) is 35.8 Å². The standard InChI is InChI=1S/C21H18F3NO3/c22-21(23,24)16-3-1-2-13(11-16)14-4-5-17-15(10-14)6-7-19(8-9-19)20(17,12-26)25-18(27)28/h1-5,10-12,25H,6-9H2,(H,27,28)/t20-/m1/s1. The average molecular weight is 389 g/mol. The van der Waals surface area contributed by atoms with E-state index < -0.39 is 28.8 Å². The zero-order valence-corrected chi connectivity index (χ0v) is 14.8. The number of hydrogen-bond acceptors (Lipinski definition) is 2. The summed E-state index contributed by atoms with van der Waals surface area (Å²) in [5.41, 5.74) is -0.0255. The lowest BCUT2D eigenvalue weighted by Crippen LogP contribution is -2.55. The van der Waals surface area contributed by atoms with Gasteiger partial charge in [-0.15, -0.1) is 0 Å². The van der Waals surface area contributed by atoms with Crippen molar-refractivity contribution >= 4 is 12.4 Å². The minimum atomic E-state index is -4.43. The van der Waals surface area contributed by atoms with Gasteiger partial charge in [0.1, 0.15) is 5.54 Å². The lowest BCUT2D eigenvalue weighted by Gasteiger charge is -2.42. The summed E-state index contributed by atoms with van der Waals surface area (Å²) >= 11 is 0. The maximum absolute atomic E-state index is 13.0. The maximum Gasteiger partial charge on any atom is 0.416 e. The number of alkyl halides is 3. The first-order chi connectivity index (χ1) is 13.2. The van der Waals surface area contributed by atoms with Crippen LogP contribution < -0.4 is 5.32 Å². The van der Waals surface area contributed by atoms with E-state index in [1.54, 1.807) is 24.3 Å². The Balaban J connectivity index is 1.80. The summed E-state index contributed by atoms with van der Waals surface area (Å²) in [5, 5.41) is 11.8.